The number of nitro benzene ring substituents is 1. The van der Waals surface area contributed by atoms with Crippen LogP contribution < -0.4 is 5.32 Å². The van der Waals surface area contributed by atoms with Gasteiger partial charge in [0, 0.05) is 22.7 Å². The van der Waals surface area contributed by atoms with E-state index in [1.807, 2.05) is 31.2 Å². The van der Waals surface area contributed by atoms with E-state index < -0.39 is 10.8 Å². The lowest BCUT2D eigenvalue weighted by molar-refractivity contribution is -0.384. The van der Waals surface area contributed by atoms with Crippen LogP contribution in [0.3, 0.4) is 0 Å². The fourth-order valence-electron chi connectivity index (χ4n) is 2.40. The minimum absolute atomic E-state index is 0.0123. The SMILES string of the molecule is Cc1cc(NC(=O)c2ccc(Cl)c([N+](=O)[O-])c2)c2ccccc2n1. The lowest BCUT2D eigenvalue weighted by atomic mass is 10.1. The quantitative estimate of drug-likeness (QED) is 0.566. The number of nitro groups is 1. The van der Waals surface area contributed by atoms with E-state index in [2.05, 4.69) is 10.3 Å². The molecule has 1 heterocycles. The van der Waals surface area contributed by atoms with Gasteiger partial charge in [0.15, 0.2) is 0 Å². The predicted octanol–water partition coefficient (Wildman–Crippen LogP) is 4.36. The van der Waals surface area contributed by atoms with Crippen LogP contribution in [0.15, 0.2) is 48.5 Å². The van der Waals surface area contributed by atoms with Gasteiger partial charge in [-0.1, -0.05) is 29.8 Å². The summed E-state index contributed by atoms with van der Waals surface area (Å²) in [5.74, 6) is -0.453. The van der Waals surface area contributed by atoms with Gasteiger partial charge in [0.05, 0.1) is 16.1 Å². The highest BCUT2D eigenvalue weighted by Crippen LogP contribution is 2.27. The van der Waals surface area contributed by atoms with E-state index in [0.717, 1.165) is 22.7 Å². The van der Waals surface area contributed by atoms with E-state index in [9.17, 15) is 14.9 Å². The maximum Gasteiger partial charge on any atom is 0.288 e. The molecule has 0 aliphatic carbocycles. The second kappa shape index (κ2) is 6.25. The van der Waals surface area contributed by atoms with Crippen LogP contribution in [0.2, 0.25) is 5.02 Å². The molecular weight excluding hydrogens is 330 g/mol. The molecule has 120 valence electrons. The van der Waals surface area contributed by atoms with Crippen molar-refractivity contribution in [1.82, 2.24) is 4.98 Å². The molecule has 0 bridgehead atoms. The summed E-state index contributed by atoms with van der Waals surface area (Å²) in [6, 6.07) is 13.1. The fraction of sp³-hybridized carbons (Fsp3) is 0.0588. The number of nitrogens with zero attached hydrogens (tertiary/aromatic N) is 2. The van der Waals surface area contributed by atoms with Crippen LogP contribution in [0.1, 0.15) is 16.1 Å². The number of aromatic nitrogens is 1. The Morgan fingerprint density at radius 3 is 2.71 bits per heavy atom. The van der Waals surface area contributed by atoms with Gasteiger partial charge in [-0.2, -0.15) is 0 Å². The summed E-state index contributed by atoms with van der Waals surface area (Å²) in [6.45, 7) is 1.83. The molecule has 0 spiro atoms. The normalized spacial score (nSPS) is 10.6. The first-order valence-corrected chi connectivity index (χ1v) is 7.45. The van der Waals surface area contributed by atoms with E-state index >= 15 is 0 Å². The number of pyridine rings is 1. The lowest BCUT2D eigenvalue weighted by Gasteiger charge is -2.10. The van der Waals surface area contributed by atoms with Crippen LogP contribution in [0, 0.1) is 17.0 Å². The van der Waals surface area contributed by atoms with Gasteiger partial charge in [-0.05, 0) is 31.2 Å². The molecule has 0 unspecified atom stereocenters. The van der Waals surface area contributed by atoms with Crippen molar-refractivity contribution in [1.29, 1.82) is 0 Å². The molecule has 6 nitrogen and oxygen atoms in total. The van der Waals surface area contributed by atoms with Crippen molar-refractivity contribution in [3.8, 4) is 0 Å². The minimum atomic E-state index is -0.620. The maximum atomic E-state index is 12.5. The first-order chi connectivity index (χ1) is 11.5. The van der Waals surface area contributed by atoms with Crippen LogP contribution in [0.25, 0.3) is 10.9 Å². The molecule has 0 aliphatic rings. The van der Waals surface area contributed by atoms with Gasteiger partial charge >= 0.3 is 0 Å². The zero-order chi connectivity index (χ0) is 17.3. The van der Waals surface area contributed by atoms with E-state index in [-0.39, 0.29) is 16.3 Å². The summed E-state index contributed by atoms with van der Waals surface area (Å²) in [5.41, 5.74) is 1.96. The van der Waals surface area contributed by atoms with E-state index in [4.69, 9.17) is 11.6 Å². The number of aryl methyl sites for hydroxylation is 1. The number of hydrogen-bond acceptors (Lipinski definition) is 4. The number of rotatable bonds is 3. The highest BCUT2D eigenvalue weighted by atomic mass is 35.5. The number of nitrogens with one attached hydrogen (secondary N) is 1. The fourth-order valence-corrected chi connectivity index (χ4v) is 2.59. The molecule has 3 rings (SSSR count). The summed E-state index contributed by atoms with van der Waals surface area (Å²) < 4.78 is 0. The Kier molecular flexibility index (Phi) is 4.14. The van der Waals surface area contributed by atoms with Crippen LogP contribution in [0.5, 0.6) is 0 Å². The third-order valence-corrected chi connectivity index (χ3v) is 3.82. The Labute approximate surface area is 142 Å². The predicted molar refractivity (Wildman–Crippen MR) is 92.5 cm³/mol. The number of para-hydroxylation sites is 1. The Morgan fingerprint density at radius 2 is 1.96 bits per heavy atom. The number of carbonyl (C=O) groups excluding carboxylic acids is 1. The average molecular weight is 342 g/mol. The molecule has 1 amide bonds. The first kappa shape index (κ1) is 15.9. The van der Waals surface area contributed by atoms with Crippen LogP contribution in [0.4, 0.5) is 11.4 Å². The molecule has 7 heteroatoms. The number of fused-ring (bicyclic) bond motifs is 1. The monoisotopic (exact) mass is 341 g/mol. The first-order valence-electron chi connectivity index (χ1n) is 7.07. The van der Waals surface area contributed by atoms with Crippen LogP contribution >= 0.6 is 11.6 Å². The van der Waals surface area contributed by atoms with Crippen molar-refractivity contribution >= 4 is 39.8 Å². The summed E-state index contributed by atoms with van der Waals surface area (Å²) >= 11 is 5.77. The highest BCUT2D eigenvalue weighted by molar-refractivity contribution is 6.32. The summed E-state index contributed by atoms with van der Waals surface area (Å²) in [6.07, 6.45) is 0. The topological polar surface area (TPSA) is 85.1 Å². The molecule has 0 radical (unpaired) electrons. The molecule has 0 aliphatic heterocycles. The number of halogens is 1. The second-order valence-electron chi connectivity index (χ2n) is 5.21. The molecule has 0 saturated heterocycles. The zero-order valence-corrected chi connectivity index (χ0v) is 13.4. The third-order valence-electron chi connectivity index (χ3n) is 3.50. The molecule has 2 aromatic carbocycles. The summed E-state index contributed by atoms with van der Waals surface area (Å²) in [7, 11) is 0. The largest absolute Gasteiger partial charge is 0.321 e. The van der Waals surface area contributed by atoms with E-state index in [1.165, 1.54) is 12.1 Å². The zero-order valence-electron chi connectivity index (χ0n) is 12.6. The van der Waals surface area contributed by atoms with Crippen molar-refractivity contribution in [2.45, 2.75) is 6.92 Å². The Morgan fingerprint density at radius 1 is 1.21 bits per heavy atom. The van der Waals surface area contributed by atoms with Crippen molar-refractivity contribution in [2.75, 3.05) is 5.32 Å². The summed E-state index contributed by atoms with van der Waals surface area (Å²) in [5, 5.41) is 14.5. The molecule has 0 atom stereocenters. The Balaban J connectivity index is 1.99. The van der Waals surface area contributed by atoms with Crippen molar-refractivity contribution < 1.29 is 9.72 Å². The van der Waals surface area contributed by atoms with Gasteiger partial charge in [0.1, 0.15) is 5.02 Å². The van der Waals surface area contributed by atoms with Crippen molar-refractivity contribution in [2.24, 2.45) is 0 Å². The number of carbonyl (C=O) groups is 1. The van der Waals surface area contributed by atoms with Gasteiger partial charge in [0.2, 0.25) is 0 Å². The molecule has 0 saturated carbocycles. The molecular formula is C17H12ClN3O3. The summed E-state index contributed by atoms with van der Waals surface area (Å²) in [4.78, 5) is 27.2. The Bertz CT molecular complexity index is 972. The van der Waals surface area contributed by atoms with Crippen molar-refractivity contribution in [3.05, 3.63) is 74.9 Å². The molecule has 3 aromatic rings. The molecule has 1 N–H and O–H groups in total. The smallest absolute Gasteiger partial charge is 0.288 e. The van der Waals surface area contributed by atoms with Crippen LogP contribution in [-0.2, 0) is 0 Å². The standard InChI is InChI=1S/C17H12ClN3O3/c1-10-8-15(12-4-2-3-5-14(12)19-10)20-17(22)11-6-7-13(18)16(9-11)21(23)24/h2-9H,1H3,(H,19,20,22). The number of hydrogen-bond donors (Lipinski definition) is 1. The molecule has 1 aromatic heterocycles. The highest BCUT2D eigenvalue weighted by Gasteiger charge is 2.17. The van der Waals surface area contributed by atoms with E-state index in [0.29, 0.717) is 5.69 Å². The number of anilines is 1. The lowest BCUT2D eigenvalue weighted by Crippen LogP contribution is -2.13. The number of benzene rings is 2. The van der Waals surface area contributed by atoms with Gasteiger partial charge in [-0.15, -0.1) is 0 Å². The van der Waals surface area contributed by atoms with Crippen LogP contribution in [-0.4, -0.2) is 15.8 Å². The Hall–Kier alpha value is -2.99. The van der Waals surface area contributed by atoms with Gasteiger partial charge < -0.3 is 5.32 Å². The molecule has 24 heavy (non-hydrogen) atoms. The van der Waals surface area contributed by atoms with E-state index in [1.54, 1.807) is 6.07 Å². The molecule has 0 fully saturated rings. The van der Waals surface area contributed by atoms with Gasteiger partial charge in [-0.3, -0.25) is 19.9 Å². The van der Waals surface area contributed by atoms with Crippen molar-refractivity contribution in [3.63, 3.8) is 0 Å². The van der Waals surface area contributed by atoms with Gasteiger partial charge in [0.25, 0.3) is 11.6 Å². The van der Waals surface area contributed by atoms with Gasteiger partial charge in [-0.25, -0.2) is 0 Å². The third kappa shape index (κ3) is 3.04. The minimum Gasteiger partial charge on any atom is -0.321 e. The average Bonchev–Trinajstić information content (AvgIpc) is 2.54. The maximum absolute atomic E-state index is 12.5. The second-order valence-corrected chi connectivity index (χ2v) is 5.61. The number of amides is 1.